The summed E-state index contributed by atoms with van der Waals surface area (Å²) in [5, 5.41) is 8.98. The molecule has 0 aliphatic heterocycles. The molecule has 0 N–H and O–H groups in total. The lowest BCUT2D eigenvalue weighted by Crippen LogP contribution is -2.29. The summed E-state index contributed by atoms with van der Waals surface area (Å²) in [5.41, 5.74) is 0. The summed E-state index contributed by atoms with van der Waals surface area (Å²) >= 11 is 12.2. The van der Waals surface area contributed by atoms with Crippen molar-refractivity contribution in [1.82, 2.24) is 19.6 Å². The Morgan fingerprint density at radius 2 is 1.28 bits per heavy atom. The Bertz CT molecular complexity index is 685. The highest BCUT2D eigenvalue weighted by Crippen LogP contribution is 2.09. The van der Waals surface area contributed by atoms with Crippen molar-refractivity contribution in [2.75, 3.05) is 0 Å². The van der Waals surface area contributed by atoms with Gasteiger partial charge in [-0.2, -0.15) is 19.6 Å². The maximum absolute atomic E-state index is 11.9. The Morgan fingerprint density at radius 3 is 1.50 bits per heavy atom. The van der Waals surface area contributed by atoms with Gasteiger partial charge in [-0.15, -0.1) is 0 Å². The van der Waals surface area contributed by atoms with Crippen LogP contribution in [-0.4, -0.2) is 31.4 Å². The van der Waals surface area contributed by atoms with E-state index in [1.165, 1.54) is 0 Å². The average molecular weight is 318 g/mol. The molecule has 94 valence electrons. The van der Waals surface area contributed by atoms with Gasteiger partial charge in [0.25, 0.3) is 0 Å². The number of nitrogens with zero attached hydrogens (tertiary/aromatic N) is 4. The Balaban J connectivity index is 2.44. The number of hydrogen-bond acceptors (Lipinski definition) is 8. The minimum atomic E-state index is -0.856. The van der Waals surface area contributed by atoms with Crippen LogP contribution in [0.15, 0.2) is 0 Å². The third kappa shape index (κ3) is 2.36. The predicted octanol–water partition coefficient (Wildman–Crippen LogP) is 2.26. The van der Waals surface area contributed by atoms with E-state index in [1.54, 1.807) is 13.8 Å². The van der Waals surface area contributed by atoms with Crippen LogP contribution in [0.1, 0.15) is 19.6 Å². The summed E-state index contributed by atoms with van der Waals surface area (Å²) in [5.74, 6) is -1.71. The summed E-state index contributed by atoms with van der Waals surface area (Å²) in [6, 6.07) is 0. The molecule has 0 saturated heterocycles. The lowest BCUT2D eigenvalue weighted by atomic mass is 10.6. The zero-order chi connectivity index (χ0) is 13.4. The first-order valence-electron chi connectivity index (χ1n) is 4.62. The molecule has 0 aromatic carbocycles. The van der Waals surface area contributed by atoms with E-state index in [9.17, 15) is 9.59 Å². The SMILES string of the molecule is Cc1nn(C(=O)C(=O)n2nc(C)sc2=S)c(=S)s1. The highest BCUT2D eigenvalue weighted by molar-refractivity contribution is 7.73. The van der Waals surface area contributed by atoms with Gasteiger partial charge in [0.05, 0.1) is 0 Å². The standard InChI is InChI=1S/C8H6N4O2S4/c1-3-9-11(7(15)17-3)5(13)6(14)12-8(16)18-4(2)10-12/h1-2H3. The number of rotatable bonds is 0. The summed E-state index contributed by atoms with van der Waals surface area (Å²) in [7, 11) is 0. The second-order valence-electron chi connectivity index (χ2n) is 3.21. The lowest BCUT2D eigenvalue weighted by molar-refractivity contribution is 0.0694. The largest absolute Gasteiger partial charge is 0.340 e. The maximum atomic E-state index is 11.9. The summed E-state index contributed by atoms with van der Waals surface area (Å²) in [4.78, 5) is 23.9. The molecule has 0 bridgehead atoms. The molecule has 6 nitrogen and oxygen atoms in total. The molecule has 2 aromatic rings. The maximum Gasteiger partial charge on any atom is 0.340 e. The monoisotopic (exact) mass is 318 g/mol. The Hall–Kier alpha value is -1.10. The normalized spacial score (nSPS) is 10.6. The zero-order valence-electron chi connectivity index (χ0n) is 9.24. The van der Waals surface area contributed by atoms with Crippen LogP contribution >= 0.6 is 47.1 Å². The summed E-state index contributed by atoms with van der Waals surface area (Å²) < 4.78 is 2.25. The number of carbonyl (C=O) groups is 2. The van der Waals surface area contributed by atoms with E-state index in [0.717, 1.165) is 32.0 Å². The molecule has 0 fully saturated rings. The van der Waals surface area contributed by atoms with Crippen LogP contribution < -0.4 is 0 Å². The van der Waals surface area contributed by atoms with Crippen molar-refractivity contribution in [3.05, 3.63) is 17.9 Å². The van der Waals surface area contributed by atoms with Crippen molar-refractivity contribution in [1.29, 1.82) is 0 Å². The molecule has 2 heterocycles. The molecular weight excluding hydrogens is 312 g/mol. The molecule has 0 saturated carbocycles. The fourth-order valence-corrected chi connectivity index (χ4v) is 3.32. The highest BCUT2D eigenvalue weighted by Gasteiger charge is 2.23. The van der Waals surface area contributed by atoms with E-state index >= 15 is 0 Å². The topological polar surface area (TPSA) is 69.8 Å². The van der Waals surface area contributed by atoms with Gasteiger partial charge < -0.3 is 0 Å². The molecule has 2 aromatic heterocycles. The second-order valence-corrected chi connectivity index (χ2v) is 6.86. The van der Waals surface area contributed by atoms with Gasteiger partial charge in [-0.1, -0.05) is 22.7 Å². The van der Waals surface area contributed by atoms with Crippen LogP contribution in [0.2, 0.25) is 0 Å². The van der Waals surface area contributed by atoms with Crippen LogP contribution in [0.25, 0.3) is 0 Å². The molecular formula is C8H6N4O2S4. The summed E-state index contributed by atoms with van der Waals surface area (Å²) in [6.07, 6.45) is 0. The third-order valence-electron chi connectivity index (χ3n) is 1.87. The highest BCUT2D eigenvalue weighted by atomic mass is 32.2. The summed E-state index contributed by atoms with van der Waals surface area (Å²) in [6.45, 7) is 3.40. The smallest absolute Gasteiger partial charge is 0.261 e. The Kier molecular flexibility index (Phi) is 3.61. The van der Waals surface area contributed by atoms with Gasteiger partial charge in [0.1, 0.15) is 10.0 Å². The Morgan fingerprint density at radius 1 is 0.944 bits per heavy atom. The van der Waals surface area contributed by atoms with Crippen molar-refractivity contribution in [2.24, 2.45) is 0 Å². The minimum absolute atomic E-state index is 0.226. The fourth-order valence-electron chi connectivity index (χ4n) is 1.18. The Labute approximate surface area is 120 Å². The molecule has 0 spiro atoms. The molecule has 10 heteroatoms. The molecule has 0 unspecified atom stereocenters. The van der Waals surface area contributed by atoms with Crippen molar-refractivity contribution in [2.45, 2.75) is 13.8 Å². The van der Waals surface area contributed by atoms with Gasteiger partial charge in [0.2, 0.25) is 0 Å². The van der Waals surface area contributed by atoms with Crippen LogP contribution in [0, 0.1) is 21.8 Å². The molecule has 0 aliphatic rings. The van der Waals surface area contributed by atoms with Crippen LogP contribution in [-0.2, 0) is 0 Å². The van der Waals surface area contributed by atoms with E-state index in [4.69, 9.17) is 24.4 Å². The predicted molar refractivity (Wildman–Crippen MR) is 72.6 cm³/mol. The first kappa shape index (κ1) is 13.3. The molecule has 0 aliphatic carbocycles. The number of hydrogen-bond donors (Lipinski definition) is 0. The van der Waals surface area contributed by atoms with Gasteiger partial charge in [-0.25, -0.2) is 0 Å². The van der Waals surface area contributed by atoms with Gasteiger partial charge in [0.15, 0.2) is 7.91 Å². The van der Waals surface area contributed by atoms with Gasteiger partial charge in [0, 0.05) is 0 Å². The van der Waals surface area contributed by atoms with Crippen LogP contribution in [0.3, 0.4) is 0 Å². The third-order valence-corrected chi connectivity index (χ3v) is 4.16. The van der Waals surface area contributed by atoms with E-state index in [-0.39, 0.29) is 7.91 Å². The van der Waals surface area contributed by atoms with Crippen LogP contribution in [0.5, 0.6) is 0 Å². The zero-order valence-corrected chi connectivity index (χ0v) is 12.5. The van der Waals surface area contributed by atoms with E-state index < -0.39 is 11.8 Å². The number of aromatic nitrogens is 4. The molecule has 18 heavy (non-hydrogen) atoms. The molecule has 0 amide bonds. The minimum Gasteiger partial charge on any atom is -0.261 e. The van der Waals surface area contributed by atoms with Crippen molar-refractivity contribution in [3.8, 4) is 0 Å². The van der Waals surface area contributed by atoms with Crippen molar-refractivity contribution >= 4 is 58.9 Å². The average Bonchev–Trinajstić information content (AvgIpc) is 2.79. The first-order chi connectivity index (χ1) is 8.40. The molecule has 0 radical (unpaired) electrons. The van der Waals surface area contributed by atoms with Crippen molar-refractivity contribution < 1.29 is 9.59 Å². The van der Waals surface area contributed by atoms with E-state index in [1.807, 2.05) is 0 Å². The lowest BCUT2D eigenvalue weighted by Gasteiger charge is -1.98. The molecule has 2 rings (SSSR count). The van der Waals surface area contributed by atoms with Crippen LogP contribution in [0.4, 0.5) is 0 Å². The fraction of sp³-hybridized carbons (Fsp3) is 0.250. The van der Waals surface area contributed by atoms with Gasteiger partial charge in [-0.05, 0) is 38.3 Å². The second kappa shape index (κ2) is 4.88. The van der Waals surface area contributed by atoms with Crippen molar-refractivity contribution in [3.63, 3.8) is 0 Å². The van der Waals surface area contributed by atoms with Gasteiger partial charge in [-0.3, -0.25) is 9.59 Å². The molecule has 0 atom stereocenters. The quantitative estimate of drug-likeness (QED) is 0.548. The van der Waals surface area contributed by atoms with E-state index in [0.29, 0.717) is 10.0 Å². The van der Waals surface area contributed by atoms with Gasteiger partial charge >= 0.3 is 11.8 Å². The van der Waals surface area contributed by atoms with E-state index in [2.05, 4.69) is 10.2 Å². The number of aryl methyl sites for hydroxylation is 2. The first-order valence-corrected chi connectivity index (χ1v) is 7.07. The number of carbonyl (C=O) groups excluding carboxylic acids is 2.